The average Bonchev–Trinajstić information content (AvgIpc) is 3.29. The molecule has 0 N–H and O–H groups in total. The van der Waals surface area contributed by atoms with Crippen molar-refractivity contribution in [2.45, 2.75) is 48.0 Å². The van der Waals surface area contributed by atoms with Crippen molar-refractivity contribution in [3.63, 3.8) is 0 Å². The summed E-state index contributed by atoms with van der Waals surface area (Å²) in [5.41, 5.74) is 8.05. The Labute approximate surface area is 220 Å². The Morgan fingerprint density at radius 2 is 1.58 bits per heavy atom. The first kappa shape index (κ1) is 18.4. The van der Waals surface area contributed by atoms with Crippen LogP contribution >= 0.6 is 0 Å². The zero-order valence-corrected chi connectivity index (χ0v) is 21.9. The molecule has 0 radical (unpaired) electrons. The van der Waals surface area contributed by atoms with Gasteiger partial charge >= 0.3 is 0 Å². The van der Waals surface area contributed by atoms with Crippen molar-refractivity contribution < 1.29 is 15.8 Å². The first-order chi connectivity index (χ1) is 19.2. The molecule has 36 heavy (non-hydrogen) atoms. The van der Waals surface area contributed by atoms with Crippen LogP contribution in [0.4, 0.5) is 5.69 Å². The molecule has 0 aliphatic heterocycles. The first-order valence-electron chi connectivity index (χ1n) is 14.6. The maximum absolute atomic E-state index is 8.61. The van der Waals surface area contributed by atoms with E-state index in [0.29, 0.717) is 11.2 Å². The van der Waals surface area contributed by atoms with Crippen LogP contribution in [0.15, 0.2) is 65.0 Å². The molecule has 5 aromatic rings. The van der Waals surface area contributed by atoms with Crippen molar-refractivity contribution in [2.24, 2.45) is 12.5 Å². The molecule has 3 aromatic carbocycles. The number of fused-ring (bicyclic) bond motifs is 3. The molecule has 0 unspecified atom stereocenters. The molecule has 0 saturated heterocycles. The van der Waals surface area contributed by atoms with E-state index >= 15 is 0 Å². The van der Waals surface area contributed by atoms with Crippen LogP contribution in [-0.2, 0) is 13.5 Å². The summed E-state index contributed by atoms with van der Waals surface area (Å²) in [5.74, 6) is 0. The first-order valence-corrected chi connectivity index (χ1v) is 12.1. The molecule has 0 bridgehead atoms. The van der Waals surface area contributed by atoms with Gasteiger partial charge in [-0.05, 0) is 42.4 Å². The second-order valence-electron chi connectivity index (χ2n) is 10.7. The minimum absolute atomic E-state index is 0.0332. The summed E-state index contributed by atoms with van der Waals surface area (Å²) in [6.45, 7) is 20.9. The number of furan rings is 1. The van der Waals surface area contributed by atoms with Crippen LogP contribution in [-0.4, -0.2) is 0 Å². The number of benzene rings is 3. The fourth-order valence-electron chi connectivity index (χ4n) is 5.05. The fourth-order valence-corrected chi connectivity index (χ4v) is 5.05. The Kier molecular flexibility index (Phi) is 4.41. The third-order valence-corrected chi connectivity index (χ3v) is 7.04. The summed E-state index contributed by atoms with van der Waals surface area (Å²) < 4.78 is 50.5. The van der Waals surface area contributed by atoms with E-state index in [1.165, 1.54) is 11.1 Å². The maximum Gasteiger partial charge on any atom is 0.216 e. The van der Waals surface area contributed by atoms with Crippen molar-refractivity contribution in [3.8, 4) is 22.4 Å². The molecule has 0 aliphatic rings. The molecule has 0 atom stereocenters. The van der Waals surface area contributed by atoms with Gasteiger partial charge in [0, 0.05) is 34.9 Å². The molecule has 0 aliphatic carbocycles. The molecular formula is C33H33N2O+. The monoisotopic (exact) mass is 478 g/mol. The summed E-state index contributed by atoms with van der Waals surface area (Å²) >= 11 is 0. The van der Waals surface area contributed by atoms with Gasteiger partial charge in [0.2, 0.25) is 5.69 Å². The Hall–Kier alpha value is -3.90. The Morgan fingerprint density at radius 3 is 2.22 bits per heavy atom. The van der Waals surface area contributed by atoms with E-state index in [1.54, 1.807) is 6.07 Å². The lowest BCUT2D eigenvalue weighted by Crippen LogP contribution is -2.36. The minimum atomic E-state index is -0.476. The van der Waals surface area contributed by atoms with Gasteiger partial charge in [-0.25, -0.2) is 4.85 Å². The Bertz CT molecular complexity index is 1930. The molecular weight excluding hydrogens is 440 g/mol. The number of rotatable bonds is 3. The SMILES string of the molecule is [2H]c1c([2H])c([2H])c(-c2c([N+]#[C-])ccc3c2oc2c(-c4cc(CC(C)(C)C)c(C)c(C)[n+]4C)c(C)ccc23)c([2H])c1[2H]. The normalized spacial score (nSPS) is 13.8. The molecule has 5 rings (SSSR count). The third kappa shape index (κ3) is 3.88. The Morgan fingerprint density at radius 1 is 0.944 bits per heavy atom. The van der Waals surface area contributed by atoms with Crippen LogP contribution in [0.3, 0.4) is 0 Å². The molecule has 0 saturated carbocycles. The summed E-state index contributed by atoms with van der Waals surface area (Å²) in [5, 5.41) is 1.55. The second-order valence-corrected chi connectivity index (χ2v) is 10.7. The summed E-state index contributed by atoms with van der Waals surface area (Å²) in [6, 6.07) is 7.63. The highest BCUT2D eigenvalue weighted by Crippen LogP contribution is 2.44. The number of nitrogens with zero attached hydrogens (tertiary/aromatic N) is 2. The second kappa shape index (κ2) is 8.64. The van der Waals surface area contributed by atoms with Crippen molar-refractivity contribution >= 4 is 27.6 Å². The average molecular weight is 479 g/mol. The van der Waals surface area contributed by atoms with Crippen molar-refractivity contribution in [3.05, 3.63) is 94.3 Å². The standard InChI is InChI=1S/C33H33N2O/c1-20-14-15-25-26-16-17-27(34-7)30(23-12-10-9-11-13-23)32(26)36-31(25)29(20)28-18-24(19-33(4,5)6)21(2)22(3)35(28)8/h9-18H,19H2,1-6,8H3/q+1/i9D,10D,11D,12D,13D. The van der Waals surface area contributed by atoms with Gasteiger partial charge in [0.25, 0.3) is 0 Å². The van der Waals surface area contributed by atoms with E-state index in [-0.39, 0.29) is 34.3 Å². The number of pyridine rings is 1. The van der Waals surface area contributed by atoms with Crippen molar-refractivity contribution in [1.82, 2.24) is 0 Å². The van der Waals surface area contributed by atoms with E-state index in [0.717, 1.165) is 39.7 Å². The zero-order chi connectivity index (χ0) is 30.1. The lowest BCUT2D eigenvalue weighted by atomic mass is 9.85. The highest BCUT2D eigenvalue weighted by Gasteiger charge is 2.27. The number of aromatic nitrogens is 1. The van der Waals surface area contributed by atoms with E-state index < -0.39 is 18.1 Å². The molecule has 3 heteroatoms. The highest BCUT2D eigenvalue weighted by molar-refractivity contribution is 6.15. The fraction of sp³-hybridized carbons (Fsp3) is 0.273. The molecule has 0 spiro atoms. The summed E-state index contributed by atoms with van der Waals surface area (Å²) in [7, 11) is 2.05. The van der Waals surface area contributed by atoms with E-state index in [4.69, 9.17) is 17.8 Å². The van der Waals surface area contributed by atoms with Crippen LogP contribution in [0.2, 0.25) is 0 Å². The van der Waals surface area contributed by atoms with E-state index in [2.05, 4.69) is 63.2 Å². The van der Waals surface area contributed by atoms with Gasteiger partial charge < -0.3 is 4.42 Å². The highest BCUT2D eigenvalue weighted by atomic mass is 16.3. The van der Waals surface area contributed by atoms with E-state index in [9.17, 15) is 0 Å². The van der Waals surface area contributed by atoms with Crippen LogP contribution in [0, 0.1) is 32.8 Å². The number of hydrogen-bond acceptors (Lipinski definition) is 1. The summed E-state index contributed by atoms with van der Waals surface area (Å²) in [4.78, 5) is 3.66. The molecule has 0 amide bonds. The van der Waals surface area contributed by atoms with Crippen LogP contribution < -0.4 is 4.57 Å². The molecule has 180 valence electrons. The molecule has 2 aromatic heterocycles. The zero-order valence-electron chi connectivity index (χ0n) is 26.9. The van der Waals surface area contributed by atoms with Gasteiger partial charge in [0.15, 0.2) is 11.4 Å². The lowest BCUT2D eigenvalue weighted by Gasteiger charge is -2.20. The van der Waals surface area contributed by atoms with Crippen LogP contribution in [0.1, 0.15) is 50.0 Å². The quantitative estimate of drug-likeness (QED) is 0.187. The molecule has 3 nitrogen and oxygen atoms in total. The van der Waals surface area contributed by atoms with Gasteiger partial charge in [-0.1, -0.05) is 75.2 Å². The van der Waals surface area contributed by atoms with Crippen molar-refractivity contribution in [1.29, 1.82) is 0 Å². The Balaban J connectivity index is 1.92. The number of aryl methyl sites for hydroxylation is 1. The van der Waals surface area contributed by atoms with Gasteiger partial charge in [0.1, 0.15) is 18.2 Å². The topological polar surface area (TPSA) is 21.4 Å². The smallest absolute Gasteiger partial charge is 0.216 e. The predicted octanol–water partition coefficient (Wildman–Crippen LogP) is 8.81. The minimum Gasteiger partial charge on any atom is -0.456 e. The lowest BCUT2D eigenvalue weighted by molar-refractivity contribution is -0.667. The van der Waals surface area contributed by atoms with Crippen LogP contribution in [0.25, 0.3) is 49.2 Å². The van der Waals surface area contributed by atoms with Gasteiger partial charge in [-0.3, -0.25) is 0 Å². The third-order valence-electron chi connectivity index (χ3n) is 7.04. The summed E-state index contributed by atoms with van der Waals surface area (Å²) in [6.07, 6.45) is 0.913. The number of hydrogen-bond donors (Lipinski definition) is 0. The van der Waals surface area contributed by atoms with Gasteiger partial charge in [-0.2, -0.15) is 4.57 Å². The molecule has 2 heterocycles. The van der Waals surface area contributed by atoms with Gasteiger partial charge in [-0.15, -0.1) is 0 Å². The maximum atomic E-state index is 8.61. The van der Waals surface area contributed by atoms with Gasteiger partial charge in [0.05, 0.1) is 19.0 Å². The van der Waals surface area contributed by atoms with E-state index in [1.807, 2.05) is 19.1 Å². The molecule has 0 fully saturated rings. The largest absolute Gasteiger partial charge is 0.456 e. The van der Waals surface area contributed by atoms with Crippen molar-refractivity contribution in [2.75, 3.05) is 0 Å². The predicted molar refractivity (Wildman–Crippen MR) is 149 cm³/mol. The van der Waals surface area contributed by atoms with Crippen LogP contribution in [0.5, 0.6) is 0 Å².